The predicted octanol–water partition coefficient (Wildman–Crippen LogP) is 0.828. The molecule has 2 aromatic rings. The lowest BCUT2D eigenvalue weighted by atomic mass is 10.2. The lowest BCUT2D eigenvalue weighted by Gasteiger charge is -2.13. The molecular formula is C11H14N6S. The quantitative estimate of drug-likeness (QED) is 0.551. The Labute approximate surface area is 109 Å². The van der Waals surface area contributed by atoms with Gasteiger partial charge in [-0.25, -0.2) is 9.97 Å². The van der Waals surface area contributed by atoms with Crippen LogP contribution in [0, 0.1) is 0 Å². The zero-order valence-electron chi connectivity index (χ0n) is 9.65. The van der Waals surface area contributed by atoms with Gasteiger partial charge in [-0.15, -0.1) is 0 Å². The van der Waals surface area contributed by atoms with Crippen LogP contribution in [0.5, 0.6) is 0 Å². The molecule has 0 aromatic carbocycles. The summed E-state index contributed by atoms with van der Waals surface area (Å²) in [6.45, 7) is 0.453. The summed E-state index contributed by atoms with van der Waals surface area (Å²) in [5.41, 5.74) is 18.0. The number of thioether (sulfide) groups is 1. The average Bonchev–Trinajstić information content (AvgIpc) is 2.36. The number of pyridine rings is 1. The van der Waals surface area contributed by atoms with E-state index in [2.05, 4.69) is 15.0 Å². The van der Waals surface area contributed by atoms with E-state index in [0.29, 0.717) is 23.3 Å². The van der Waals surface area contributed by atoms with Crippen molar-refractivity contribution in [2.75, 3.05) is 18.0 Å². The number of aromatic nitrogens is 3. The van der Waals surface area contributed by atoms with Gasteiger partial charge in [-0.3, -0.25) is 4.98 Å². The van der Waals surface area contributed by atoms with Gasteiger partial charge in [0.15, 0.2) is 5.16 Å². The summed E-state index contributed by atoms with van der Waals surface area (Å²) in [4.78, 5) is 12.3. The zero-order valence-corrected chi connectivity index (χ0v) is 10.5. The number of anilines is 2. The molecule has 18 heavy (non-hydrogen) atoms. The fraction of sp³-hybridized carbons (Fsp3) is 0.182. The molecule has 6 nitrogen and oxygen atoms in total. The van der Waals surface area contributed by atoms with Crippen molar-refractivity contribution in [3.8, 4) is 0 Å². The normalized spacial score (nSPS) is 12.3. The summed E-state index contributed by atoms with van der Waals surface area (Å²) < 4.78 is 0. The van der Waals surface area contributed by atoms with Crippen molar-refractivity contribution in [1.29, 1.82) is 0 Å². The van der Waals surface area contributed by atoms with Crippen molar-refractivity contribution < 1.29 is 0 Å². The van der Waals surface area contributed by atoms with Gasteiger partial charge in [0.25, 0.3) is 0 Å². The first-order valence-corrected chi connectivity index (χ1v) is 6.23. The summed E-state index contributed by atoms with van der Waals surface area (Å²) >= 11 is 1.42. The Morgan fingerprint density at radius 1 is 1.22 bits per heavy atom. The second kappa shape index (κ2) is 5.65. The third-order valence-electron chi connectivity index (χ3n) is 2.26. The van der Waals surface area contributed by atoms with Gasteiger partial charge in [0.2, 0.25) is 0 Å². The van der Waals surface area contributed by atoms with E-state index in [4.69, 9.17) is 17.2 Å². The van der Waals surface area contributed by atoms with E-state index in [9.17, 15) is 0 Å². The second-order valence-corrected chi connectivity index (χ2v) is 4.80. The Hall–Kier alpha value is -1.86. The molecule has 0 aliphatic carbocycles. The topological polar surface area (TPSA) is 117 Å². The van der Waals surface area contributed by atoms with Gasteiger partial charge >= 0.3 is 0 Å². The summed E-state index contributed by atoms with van der Waals surface area (Å²) in [5, 5.41) is 0.548. The molecule has 0 radical (unpaired) electrons. The van der Waals surface area contributed by atoms with E-state index in [1.165, 1.54) is 17.8 Å². The minimum absolute atomic E-state index is 0.0277. The van der Waals surface area contributed by atoms with Crippen molar-refractivity contribution in [2.24, 2.45) is 5.73 Å². The average molecular weight is 262 g/mol. The minimum atomic E-state index is 0.0277. The molecule has 2 rings (SSSR count). The third-order valence-corrected chi connectivity index (χ3v) is 3.41. The van der Waals surface area contributed by atoms with Crippen molar-refractivity contribution in [3.05, 3.63) is 36.2 Å². The van der Waals surface area contributed by atoms with E-state index in [1.807, 2.05) is 12.1 Å². The maximum Gasteiger partial charge on any atom is 0.192 e. The summed E-state index contributed by atoms with van der Waals surface area (Å²) in [5.74, 6) is 0.707. The molecule has 2 aromatic heterocycles. The highest BCUT2D eigenvalue weighted by atomic mass is 32.2. The molecule has 7 heteroatoms. The molecule has 0 spiro atoms. The number of hydrogen-bond acceptors (Lipinski definition) is 7. The van der Waals surface area contributed by atoms with Gasteiger partial charge in [0, 0.05) is 25.0 Å². The highest BCUT2D eigenvalue weighted by Gasteiger charge is 2.14. The summed E-state index contributed by atoms with van der Waals surface area (Å²) in [6, 6.07) is 5.35. The van der Waals surface area contributed by atoms with Crippen LogP contribution in [0.1, 0.15) is 10.8 Å². The molecule has 0 bridgehead atoms. The van der Waals surface area contributed by atoms with Gasteiger partial charge in [0.05, 0.1) is 5.25 Å². The van der Waals surface area contributed by atoms with Crippen molar-refractivity contribution in [2.45, 2.75) is 10.4 Å². The van der Waals surface area contributed by atoms with Crippen LogP contribution in [-0.4, -0.2) is 21.5 Å². The molecule has 0 saturated heterocycles. The molecule has 6 N–H and O–H groups in total. The lowest BCUT2D eigenvalue weighted by Crippen LogP contribution is -2.10. The smallest absolute Gasteiger partial charge is 0.192 e. The van der Waals surface area contributed by atoms with Gasteiger partial charge in [0.1, 0.15) is 11.6 Å². The first kappa shape index (κ1) is 12.6. The molecule has 1 atom stereocenters. The van der Waals surface area contributed by atoms with Crippen molar-refractivity contribution >= 4 is 23.4 Å². The third kappa shape index (κ3) is 3.08. The van der Waals surface area contributed by atoms with Crippen LogP contribution in [-0.2, 0) is 0 Å². The monoisotopic (exact) mass is 262 g/mol. The van der Waals surface area contributed by atoms with E-state index in [1.54, 1.807) is 12.4 Å². The van der Waals surface area contributed by atoms with E-state index in [0.717, 1.165) is 5.56 Å². The second-order valence-electron chi connectivity index (χ2n) is 3.63. The Kier molecular flexibility index (Phi) is 3.96. The van der Waals surface area contributed by atoms with Crippen LogP contribution < -0.4 is 17.2 Å². The predicted molar refractivity (Wildman–Crippen MR) is 72.7 cm³/mol. The maximum absolute atomic E-state index is 5.76. The van der Waals surface area contributed by atoms with Gasteiger partial charge in [-0.2, -0.15) is 0 Å². The van der Waals surface area contributed by atoms with E-state index >= 15 is 0 Å². The fourth-order valence-corrected chi connectivity index (χ4v) is 2.40. The molecular weight excluding hydrogens is 248 g/mol. The van der Waals surface area contributed by atoms with Crippen LogP contribution >= 0.6 is 11.8 Å². The molecule has 0 amide bonds. The molecule has 0 saturated carbocycles. The van der Waals surface area contributed by atoms with Crippen molar-refractivity contribution in [3.63, 3.8) is 0 Å². The van der Waals surface area contributed by atoms with Gasteiger partial charge in [-0.1, -0.05) is 17.8 Å². The lowest BCUT2D eigenvalue weighted by molar-refractivity contribution is 0.908. The molecule has 0 aliphatic rings. The van der Waals surface area contributed by atoms with E-state index < -0.39 is 0 Å². The fourth-order valence-electron chi connectivity index (χ4n) is 1.46. The molecule has 0 aliphatic heterocycles. The van der Waals surface area contributed by atoms with Crippen LogP contribution in [0.3, 0.4) is 0 Å². The Bertz CT molecular complexity index is 498. The number of hydrogen-bond donors (Lipinski definition) is 3. The van der Waals surface area contributed by atoms with Gasteiger partial charge < -0.3 is 17.2 Å². The van der Waals surface area contributed by atoms with Gasteiger partial charge in [-0.05, 0) is 11.6 Å². The molecule has 94 valence electrons. The SMILES string of the molecule is NCC(Sc1nc(N)cc(N)n1)c1cccnc1. The van der Waals surface area contributed by atoms with E-state index in [-0.39, 0.29) is 5.25 Å². The molecule has 0 fully saturated rings. The Morgan fingerprint density at radius 2 is 1.94 bits per heavy atom. The number of rotatable bonds is 4. The highest BCUT2D eigenvalue weighted by molar-refractivity contribution is 7.99. The highest BCUT2D eigenvalue weighted by Crippen LogP contribution is 2.32. The van der Waals surface area contributed by atoms with Crippen LogP contribution in [0.15, 0.2) is 35.7 Å². The Morgan fingerprint density at radius 3 is 2.50 bits per heavy atom. The first-order valence-electron chi connectivity index (χ1n) is 5.35. The molecule has 2 heterocycles. The summed E-state index contributed by atoms with van der Waals surface area (Å²) in [6.07, 6.45) is 3.50. The van der Waals surface area contributed by atoms with Crippen LogP contribution in [0.2, 0.25) is 0 Å². The zero-order chi connectivity index (χ0) is 13.0. The number of nitrogens with zero attached hydrogens (tertiary/aromatic N) is 3. The molecule has 1 unspecified atom stereocenters. The largest absolute Gasteiger partial charge is 0.383 e. The van der Waals surface area contributed by atoms with Crippen LogP contribution in [0.25, 0.3) is 0 Å². The first-order chi connectivity index (χ1) is 8.69. The Balaban J connectivity index is 2.20. The number of nitrogen functional groups attached to an aromatic ring is 2. The number of nitrogens with two attached hydrogens (primary N) is 3. The standard InChI is InChI=1S/C11H14N6S/c12-5-8(7-2-1-3-15-6-7)18-11-16-9(13)4-10(14)17-11/h1-4,6,8H,5,12H2,(H4,13,14,16,17). The summed E-state index contributed by atoms with van der Waals surface area (Å²) in [7, 11) is 0. The van der Waals surface area contributed by atoms with Crippen LogP contribution in [0.4, 0.5) is 11.6 Å². The maximum atomic E-state index is 5.76. The van der Waals surface area contributed by atoms with Crippen molar-refractivity contribution in [1.82, 2.24) is 15.0 Å². The minimum Gasteiger partial charge on any atom is -0.383 e.